The topological polar surface area (TPSA) is 145 Å². The Balaban J connectivity index is 1.92. The van der Waals surface area contributed by atoms with Gasteiger partial charge in [-0.1, -0.05) is 11.6 Å². The van der Waals surface area contributed by atoms with Crippen molar-refractivity contribution in [3.8, 4) is 0 Å². The Morgan fingerprint density at radius 2 is 2.00 bits per heavy atom. The minimum Gasteiger partial charge on any atom is -0.465 e. The van der Waals surface area contributed by atoms with Crippen molar-refractivity contribution < 1.29 is 29.1 Å². The summed E-state index contributed by atoms with van der Waals surface area (Å²) in [5.41, 5.74) is -0.559. The summed E-state index contributed by atoms with van der Waals surface area (Å²) in [6.45, 7) is 2.22. The molecule has 4 N–H and O–H groups in total. The molecule has 0 aromatic heterocycles. The number of carbonyl (C=O) groups excluding carboxylic acids is 4. The SMILES string of the molecule is CNC(=O)C(=O)[C@H](C[C@@H]1CCNC1=O)NC(=O)c1cc(Cl)ccc1N(C(=O)O)C1(C)CC1. The van der Waals surface area contributed by atoms with Crippen molar-refractivity contribution in [2.45, 2.75) is 44.2 Å². The first kappa shape index (κ1) is 23.5. The van der Waals surface area contributed by atoms with Gasteiger partial charge in [0, 0.05) is 30.1 Å². The average molecular weight is 465 g/mol. The molecule has 32 heavy (non-hydrogen) atoms. The molecule has 2 aliphatic rings. The zero-order chi connectivity index (χ0) is 23.6. The predicted octanol–water partition coefficient (Wildman–Crippen LogP) is 1.32. The normalized spacial score (nSPS) is 19.5. The van der Waals surface area contributed by atoms with E-state index in [9.17, 15) is 29.1 Å². The summed E-state index contributed by atoms with van der Waals surface area (Å²) in [7, 11) is 1.29. The van der Waals surface area contributed by atoms with Gasteiger partial charge in [0.1, 0.15) is 0 Å². The van der Waals surface area contributed by atoms with E-state index in [4.69, 9.17) is 11.6 Å². The molecular formula is C21H25ClN4O6. The van der Waals surface area contributed by atoms with Crippen molar-refractivity contribution >= 4 is 46.9 Å². The number of rotatable bonds is 8. The van der Waals surface area contributed by atoms with Crippen LogP contribution >= 0.6 is 11.6 Å². The summed E-state index contributed by atoms with van der Waals surface area (Å²) >= 11 is 6.07. The Kier molecular flexibility index (Phi) is 6.73. The van der Waals surface area contributed by atoms with Crippen LogP contribution in [0.3, 0.4) is 0 Å². The van der Waals surface area contributed by atoms with E-state index in [-0.39, 0.29) is 28.6 Å². The molecule has 0 spiro atoms. The average Bonchev–Trinajstić information content (AvgIpc) is 3.35. The standard InChI is InChI=1S/C21H25ClN4O6/c1-21(6-7-21)26(20(31)32)15-4-3-12(22)10-13(15)18(29)25-14(16(27)19(30)23-2)9-11-5-8-24-17(11)28/h3-4,10-11,14H,5-9H2,1-2H3,(H,23,30)(H,24,28)(H,25,29)(H,31,32)/t11-,14-/m0/s1. The van der Waals surface area contributed by atoms with Gasteiger partial charge in [-0.25, -0.2) is 4.79 Å². The summed E-state index contributed by atoms with van der Waals surface area (Å²) in [5, 5.41) is 17.4. The zero-order valence-electron chi connectivity index (χ0n) is 17.7. The van der Waals surface area contributed by atoms with Gasteiger partial charge < -0.3 is 21.1 Å². The highest BCUT2D eigenvalue weighted by atomic mass is 35.5. The van der Waals surface area contributed by atoms with Crippen LogP contribution in [-0.4, -0.2) is 59.9 Å². The Labute approximate surface area is 189 Å². The minimum atomic E-state index is -1.27. The van der Waals surface area contributed by atoms with Gasteiger partial charge in [-0.3, -0.25) is 24.1 Å². The van der Waals surface area contributed by atoms with Crippen molar-refractivity contribution in [3.63, 3.8) is 0 Å². The van der Waals surface area contributed by atoms with Crippen LogP contribution < -0.4 is 20.9 Å². The van der Waals surface area contributed by atoms with E-state index in [1.165, 1.54) is 25.2 Å². The molecule has 172 valence electrons. The number of carbonyl (C=O) groups is 5. The molecule has 2 atom stereocenters. The fourth-order valence-electron chi connectivity index (χ4n) is 3.82. The second kappa shape index (κ2) is 9.15. The number of amides is 4. The molecule has 1 aromatic carbocycles. The molecule has 1 aromatic rings. The van der Waals surface area contributed by atoms with Crippen LogP contribution in [0.1, 0.15) is 43.0 Å². The quantitative estimate of drug-likeness (QED) is 0.427. The molecule has 11 heteroatoms. The van der Waals surface area contributed by atoms with Crippen molar-refractivity contribution in [1.82, 2.24) is 16.0 Å². The van der Waals surface area contributed by atoms with Gasteiger partial charge in [0.25, 0.3) is 11.8 Å². The number of nitrogens with zero attached hydrogens (tertiary/aromatic N) is 1. The van der Waals surface area contributed by atoms with Crippen LogP contribution in [0.4, 0.5) is 10.5 Å². The minimum absolute atomic E-state index is 0.0430. The highest BCUT2D eigenvalue weighted by Crippen LogP contribution is 2.45. The lowest BCUT2D eigenvalue weighted by molar-refractivity contribution is -0.139. The second-order valence-electron chi connectivity index (χ2n) is 8.26. The molecule has 1 aliphatic carbocycles. The number of hydrogen-bond acceptors (Lipinski definition) is 5. The van der Waals surface area contributed by atoms with Crippen molar-refractivity contribution in [3.05, 3.63) is 28.8 Å². The number of ketones is 1. The van der Waals surface area contributed by atoms with Gasteiger partial charge in [0.15, 0.2) is 0 Å². The third-order valence-corrected chi connectivity index (χ3v) is 6.14. The number of halogens is 1. The first-order valence-electron chi connectivity index (χ1n) is 10.2. The number of likely N-dealkylation sites (N-methyl/N-ethyl adjacent to an activating group) is 1. The Bertz CT molecular complexity index is 977. The first-order valence-corrected chi connectivity index (χ1v) is 10.6. The van der Waals surface area contributed by atoms with Crippen LogP contribution in [0.15, 0.2) is 18.2 Å². The van der Waals surface area contributed by atoms with Gasteiger partial charge in [0.05, 0.1) is 17.3 Å². The maximum absolute atomic E-state index is 13.2. The molecule has 1 saturated carbocycles. The third-order valence-electron chi connectivity index (χ3n) is 5.90. The van der Waals surface area contributed by atoms with E-state index in [1.807, 2.05) is 0 Å². The summed E-state index contributed by atoms with van der Waals surface area (Å²) < 4.78 is 0. The summed E-state index contributed by atoms with van der Waals surface area (Å²) in [6.07, 6.45) is 0.469. The lowest BCUT2D eigenvalue weighted by atomic mass is 9.95. The smallest absolute Gasteiger partial charge is 0.412 e. The van der Waals surface area contributed by atoms with Crippen LogP contribution in [0.2, 0.25) is 5.02 Å². The Hall–Kier alpha value is -3.14. The number of carboxylic acid groups (broad SMARTS) is 1. The summed E-state index contributed by atoms with van der Waals surface area (Å²) in [4.78, 5) is 62.9. The number of hydrogen-bond donors (Lipinski definition) is 4. The monoisotopic (exact) mass is 464 g/mol. The maximum Gasteiger partial charge on any atom is 0.412 e. The maximum atomic E-state index is 13.2. The second-order valence-corrected chi connectivity index (χ2v) is 8.69. The molecular weight excluding hydrogens is 440 g/mol. The fourth-order valence-corrected chi connectivity index (χ4v) is 3.99. The lowest BCUT2D eigenvalue weighted by Gasteiger charge is -2.28. The van der Waals surface area contributed by atoms with Crippen LogP contribution in [0.5, 0.6) is 0 Å². The van der Waals surface area contributed by atoms with E-state index in [0.717, 1.165) is 4.90 Å². The van der Waals surface area contributed by atoms with Crippen LogP contribution in [-0.2, 0) is 14.4 Å². The van der Waals surface area contributed by atoms with E-state index < -0.39 is 41.2 Å². The molecule has 10 nitrogen and oxygen atoms in total. The van der Waals surface area contributed by atoms with Gasteiger partial charge in [0.2, 0.25) is 11.7 Å². The molecule has 2 fully saturated rings. The number of benzene rings is 1. The Morgan fingerprint density at radius 1 is 1.31 bits per heavy atom. The van der Waals surface area contributed by atoms with Gasteiger partial charge in [-0.05, 0) is 50.8 Å². The highest BCUT2D eigenvalue weighted by molar-refractivity contribution is 6.38. The van der Waals surface area contributed by atoms with E-state index in [1.54, 1.807) is 6.92 Å². The zero-order valence-corrected chi connectivity index (χ0v) is 18.5. The van der Waals surface area contributed by atoms with Crippen molar-refractivity contribution in [2.24, 2.45) is 5.92 Å². The highest BCUT2D eigenvalue weighted by Gasteiger charge is 2.48. The molecule has 1 saturated heterocycles. The lowest BCUT2D eigenvalue weighted by Crippen LogP contribution is -2.49. The number of Topliss-reactive ketones (excluding diaryl/α,β-unsaturated/α-hetero) is 1. The van der Waals surface area contributed by atoms with Crippen molar-refractivity contribution in [2.75, 3.05) is 18.5 Å². The first-order chi connectivity index (χ1) is 15.1. The Morgan fingerprint density at radius 3 is 2.53 bits per heavy atom. The van der Waals surface area contributed by atoms with Crippen LogP contribution in [0, 0.1) is 5.92 Å². The molecule has 3 rings (SSSR count). The summed E-state index contributed by atoms with van der Waals surface area (Å²) in [5.74, 6) is -3.35. The molecule has 1 aliphatic heterocycles. The van der Waals surface area contributed by atoms with Crippen LogP contribution in [0.25, 0.3) is 0 Å². The summed E-state index contributed by atoms with van der Waals surface area (Å²) in [6, 6.07) is 2.97. The molecule has 0 bridgehead atoms. The van der Waals surface area contributed by atoms with E-state index in [2.05, 4.69) is 16.0 Å². The van der Waals surface area contributed by atoms with Gasteiger partial charge in [-0.2, -0.15) is 0 Å². The number of anilines is 1. The molecule has 0 unspecified atom stereocenters. The van der Waals surface area contributed by atoms with Gasteiger partial charge >= 0.3 is 6.09 Å². The fraction of sp³-hybridized carbons (Fsp3) is 0.476. The van der Waals surface area contributed by atoms with E-state index in [0.29, 0.717) is 25.8 Å². The largest absolute Gasteiger partial charge is 0.465 e. The van der Waals surface area contributed by atoms with Crippen molar-refractivity contribution in [1.29, 1.82) is 0 Å². The van der Waals surface area contributed by atoms with E-state index >= 15 is 0 Å². The molecule has 1 heterocycles. The predicted molar refractivity (Wildman–Crippen MR) is 116 cm³/mol. The molecule has 4 amide bonds. The third kappa shape index (κ3) is 4.85. The number of nitrogens with one attached hydrogen (secondary N) is 3. The van der Waals surface area contributed by atoms with Gasteiger partial charge in [-0.15, -0.1) is 0 Å². The molecule has 0 radical (unpaired) electrons.